The summed E-state index contributed by atoms with van der Waals surface area (Å²) in [4.78, 5) is 17.5. The molecule has 0 radical (unpaired) electrons. The number of ether oxygens (including phenoxy) is 1. The van der Waals surface area contributed by atoms with E-state index in [0.717, 1.165) is 52.0 Å². The van der Waals surface area contributed by atoms with Gasteiger partial charge in [0, 0.05) is 39.2 Å². The van der Waals surface area contributed by atoms with E-state index < -0.39 is 0 Å². The second-order valence-electron chi connectivity index (χ2n) is 8.63. The molecule has 1 aromatic rings. The van der Waals surface area contributed by atoms with Crippen LogP contribution >= 0.6 is 0 Å². The molecule has 2 saturated heterocycles. The Labute approximate surface area is 158 Å². The van der Waals surface area contributed by atoms with E-state index in [-0.39, 0.29) is 11.5 Å². The highest BCUT2D eigenvalue weighted by atomic mass is 16.5. The average Bonchev–Trinajstić information content (AvgIpc) is 2.63. The quantitative estimate of drug-likeness (QED) is 0.810. The molecule has 0 N–H and O–H groups in total. The first-order valence-corrected chi connectivity index (χ1v) is 10.1. The summed E-state index contributed by atoms with van der Waals surface area (Å²) in [5, 5.41) is 0. The van der Waals surface area contributed by atoms with Gasteiger partial charge in [-0.05, 0) is 43.2 Å². The summed E-state index contributed by atoms with van der Waals surface area (Å²) in [7, 11) is 2.13. The van der Waals surface area contributed by atoms with Crippen molar-refractivity contribution in [3.8, 4) is 0 Å². The Morgan fingerprint density at radius 1 is 1.19 bits per heavy atom. The summed E-state index contributed by atoms with van der Waals surface area (Å²) >= 11 is 0. The van der Waals surface area contributed by atoms with Crippen molar-refractivity contribution < 1.29 is 9.53 Å². The molecule has 2 aliphatic heterocycles. The van der Waals surface area contributed by atoms with Crippen LogP contribution in [0.25, 0.3) is 0 Å². The highest BCUT2D eigenvalue weighted by Gasteiger charge is 2.40. The zero-order valence-corrected chi connectivity index (χ0v) is 16.6. The number of carbonyl (C=O) groups is 1. The fourth-order valence-electron chi connectivity index (χ4n) is 4.34. The van der Waals surface area contributed by atoms with E-state index in [0.29, 0.717) is 18.2 Å². The molecule has 4 heteroatoms. The second-order valence-corrected chi connectivity index (χ2v) is 8.63. The minimum absolute atomic E-state index is 0.0228. The molecule has 26 heavy (non-hydrogen) atoms. The Morgan fingerprint density at radius 2 is 1.88 bits per heavy atom. The van der Waals surface area contributed by atoms with E-state index >= 15 is 0 Å². The molecular weight excluding hydrogens is 324 g/mol. The van der Waals surface area contributed by atoms with Gasteiger partial charge >= 0.3 is 0 Å². The monoisotopic (exact) mass is 358 g/mol. The molecule has 144 valence electrons. The zero-order chi connectivity index (χ0) is 18.6. The molecular formula is C22H34N2O2. The van der Waals surface area contributed by atoms with E-state index in [1.165, 1.54) is 5.56 Å². The maximum absolute atomic E-state index is 13.1. The molecule has 2 atom stereocenters. The first-order chi connectivity index (χ1) is 12.5. The van der Waals surface area contributed by atoms with Gasteiger partial charge in [0.1, 0.15) is 0 Å². The molecule has 2 aliphatic rings. The van der Waals surface area contributed by atoms with Crippen molar-refractivity contribution in [3.63, 3.8) is 0 Å². The second kappa shape index (κ2) is 8.53. The molecule has 0 aromatic heterocycles. The lowest BCUT2D eigenvalue weighted by Gasteiger charge is -2.43. The van der Waals surface area contributed by atoms with Crippen LogP contribution in [0.1, 0.15) is 38.7 Å². The van der Waals surface area contributed by atoms with E-state index in [1.54, 1.807) is 0 Å². The molecule has 3 rings (SSSR count). The molecule has 0 spiro atoms. The zero-order valence-electron chi connectivity index (χ0n) is 16.6. The minimum Gasteiger partial charge on any atom is -0.378 e. The number of hydrogen-bond acceptors (Lipinski definition) is 3. The van der Waals surface area contributed by atoms with Gasteiger partial charge in [0.15, 0.2) is 0 Å². The number of piperazine rings is 1. The van der Waals surface area contributed by atoms with Crippen LogP contribution in [-0.4, -0.2) is 61.6 Å². The lowest BCUT2D eigenvalue weighted by molar-refractivity contribution is -0.139. The molecule has 0 bridgehead atoms. The van der Waals surface area contributed by atoms with Crippen molar-refractivity contribution in [1.29, 1.82) is 0 Å². The van der Waals surface area contributed by atoms with Gasteiger partial charge < -0.3 is 14.5 Å². The summed E-state index contributed by atoms with van der Waals surface area (Å²) < 4.78 is 6.04. The smallest absolute Gasteiger partial charge is 0.223 e. The van der Waals surface area contributed by atoms with Crippen LogP contribution in [0.15, 0.2) is 30.3 Å². The third-order valence-corrected chi connectivity index (χ3v) is 6.15. The molecule has 0 unspecified atom stereocenters. The molecule has 1 amide bonds. The Morgan fingerprint density at radius 3 is 2.54 bits per heavy atom. The molecule has 2 fully saturated rings. The highest BCUT2D eigenvalue weighted by Crippen LogP contribution is 2.42. The number of benzene rings is 1. The molecule has 0 aliphatic carbocycles. The van der Waals surface area contributed by atoms with E-state index in [1.807, 2.05) is 0 Å². The minimum atomic E-state index is 0.0228. The first kappa shape index (κ1) is 19.4. The van der Waals surface area contributed by atoms with Crippen LogP contribution < -0.4 is 0 Å². The predicted octanol–water partition coefficient (Wildman–Crippen LogP) is 3.21. The van der Waals surface area contributed by atoms with E-state index in [4.69, 9.17) is 4.74 Å². The third kappa shape index (κ3) is 4.86. The Kier molecular flexibility index (Phi) is 6.36. The largest absolute Gasteiger partial charge is 0.378 e. The fraction of sp³-hybridized carbons (Fsp3) is 0.682. The van der Waals surface area contributed by atoms with E-state index in [2.05, 4.69) is 61.0 Å². The van der Waals surface area contributed by atoms with Crippen molar-refractivity contribution >= 4 is 5.91 Å². The summed E-state index contributed by atoms with van der Waals surface area (Å²) in [6, 6.07) is 10.7. The summed E-state index contributed by atoms with van der Waals surface area (Å²) in [6.45, 7) is 8.91. The van der Waals surface area contributed by atoms with Crippen LogP contribution in [0, 0.1) is 11.3 Å². The fourth-order valence-corrected chi connectivity index (χ4v) is 4.34. The van der Waals surface area contributed by atoms with Gasteiger partial charge in [0.2, 0.25) is 5.91 Å². The third-order valence-electron chi connectivity index (χ3n) is 6.15. The van der Waals surface area contributed by atoms with Crippen LogP contribution in [-0.2, 0) is 16.0 Å². The van der Waals surface area contributed by atoms with Gasteiger partial charge in [0.25, 0.3) is 0 Å². The summed E-state index contributed by atoms with van der Waals surface area (Å²) in [6.07, 6.45) is 3.84. The normalized spacial score (nSPS) is 27.7. The molecule has 1 aromatic carbocycles. The maximum Gasteiger partial charge on any atom is 0.223 e. The number of likely N-dealkylation sites (N-methyl/N-ethyl adjacent to an activating group) is 1. The number of rotatable bonds is 5. The number of amides is 1. The molecule has 4 nitrogen and oxygen atoms in total. The number of carbonyl (C=O) groups excluding carboxylic acids is 1. The van der Waals surface area contributed by atoms with Gasteiger partial charge in [-0.25, -0.2) is 0 Å². The van der Waals surface area contributed by atoms with Crippen LogP contribution in [0.4, 0.5) is 0 Å². The average molecular weight is 359 g/mol. The van der Waals surface area contributed by atoms with E-state index in [9.17, 15) is 4.79 Å². The van der Waals surface area contributed by atoms with Crippen LogP contribution in [0.3, 0.4) is 0 Å². The SMILES string of the molecule is CC(C)[C@H]1C[C@](CC(=O)N2CCN(C)CC2)(Cc2ccccc2)CCO1. The van der Waals surface area contributed by atoms with Gasteiger partial charge in [-0.15, -0.1) is 0 Å². The summed E-state index contributed by atoms with van der Waals surface area (Å²) in [5.41, 5.74) is 1.36. The standard InChI is InChI=1S/C22H34N2O2/c1-18(2)20-16-22(9-14-26-20,15-19-7-5-4-6-8-19)17-21(25)24-12-10-23(3)11-13-24/h4-8,18,20H,9-17H2,1-3H3/t20-,22-/m1/s1. The number of nitrogens with zero attached hydrogens (tertiary/aromatic N) is 2. The van der Waals surface area contributed by atoms with Crippen molar-refractivity contribution in [1.82, 2.24) is 9.80 Å². The van der Waals surface area contributed by atoms with Gasteiger partial charge in [-0.1, -0.05) is 44.2 Å². The lowest BCUT2D eigenvalue weighted by atomic mass is 9.69. The summed E-state index contributed by atoms with van der Waals surface area (Å²) in [5.74, 6) is 0.822. The first-order valence-electron chi connectivity index (χ1n) is 10.1. The van der Waals surface area contributed by atoms with Gasteiger partial charge in [0.05, 0.1) is 6.10 Å². The maximum atomic E-state index is 13.1. The van der Waals surface area contributed by atoms with Gasteiger partial charge in [-0.2, -0.15) is 0 Å². The van der Waals surface area contributed by atoms with Crippen molar-refractivity contribution in [2.24, 2.45) is 11.3 Å². The van der Waals surface area contributed by atoms with Gasteiger partial charge in [-0.3, -0.25) is 4.79 Å². The van der Waals surface area contributed by atoms with Crippen molar-refractivity contribution in [2.45, 2.75) is 45.6 Å². The number of hydrogen-bond donors (Lipinski definition) is 0. The molecule has 2 heterocycles. The highest BCUT2D eigenvalue weighted by molar-refractivity contribution is 5.77. The Bertz CT molecular complexity index is 581. The van der Waals surface area contributed by atoms with Crippen LogP contribution in [0.5, 0.6) is 0 Å². The predicted molar refractivity (Wildman–Crippen MR) is 105 cm³/mol. The Hall–Kier alpha value is -1.39. The van der Waals surface area contributed by atoms with Crippen molar-refractivity contribution in [3.05, 3.63) is 35.9 Å². The Balaban J connectivity index is 1.75. The van der Waals surface area contributed by atoms with Crippen molar-refractivity contribution in [2.75, 3.05) is 39.8 Å². The lowest BCUT2D eigenvalue weighted by Crippen LogP contribution is -2.49. The van der Waals surface area contributed by atoms with Crippen LogP contribution in [0.2, 0.25) is 0 Å². The molecule has 0 saturated carbocycles. The topological polar surface area (TPSA) is 32.8 Å².